The van der Waals surface area contributed by atoms with Crippen molar-refractivity contribution in [1.82, 2.24) is 10.6 Å². The molecule has 0 spiro atoms. The van der Waals surface area contributed by atoms with Crippen molar-refractivity contribution in [3.8, 4) is 0 Å². The average molecular weight is 203 g/mol. The van der Waals surface area contributed by atoms with Crippen LogP contribution in [0.4, 0.5) is 4.79 Å². The first kappa shape index (κ1) is 9.71. The van der Waals surface area contributed by atoms with E-state index in [-0.39, 0.29) is 5.91 Å². The van der Waals surface area contributed by atoms with Crippen molar-refractivity contribution >= 4 is 11.9 Å². The van der Waals surface area contributed by atoms with Crippen molar-refractivity contribution in [3.63, 3.8) is 0 Å². The number of imide groups is 1. The predicted octanol–water partition coefficient (Wildman–Crippen LogP) is 0.842. The van der Waals surface area contributed by atoms with E-state index >= 15 is 0 Å². The molecule has 3 amide bonds. The van der Waals surface area contributed by atoms with Crippen LogP contribution >= 0.6 is 0 Å². The molecule has 77 valence electrons. The Bertz CT molecular complexity index is 375. The number of urea groups is 1. The SMILES string of the molecule is O=C1[N]C(=O)C(CCc2ccccc2)N1. The highest BCUT2D eigenvalue weighted by Crippen LogP contribution is 2.07. The van der Waals surface area contributed by atoms with Crippen LogP contribution in [-0.2, 0) is 11.2 Å². The monoisotopic (exact) mass is 203 g/mol. The average Bonchev–Trinajstić information content (AvgIpc) is 2.56. The first-order valence-electron chi connectivity index (χ1n) is 4.86. The van der Waals surface area contributed by atoms with Crippen LogP contribution in [0.1, 0.15) is 12.0 Å². The Kier molecular flexibility index (Phi) is 2.67. The molecule has 15 heavy (non-hydrogen) atoms. The van der Waals surface area contributed by atoms with Gasteiger partial charge in [-0.15, -0.1) is 0 Å². The van der Waals surface area contributed by atoms with E-state index in [2.05, 4.69) is 10.6 Å². The van der Waals surface area contributed by atoms with Crippen LogP contribution in [0.15, 0.2) is 30.3 Å². The maximum Gasteiger partial charge on any atom is 0.344 e. The van der Waals surface area contributed by atoms with E-state index in [0.717, 1.165) is 12.0 Å². The minimum absolute atomic E-state index is 0.351. The lowest BCUT2D eigenvalue weighted by Crippen LogP contribution is -2.29. The standard InChI is InChI=1S/C11H11N2O2/c14-10-9(12-11(15)13-10)7-6-8-4-2-1-3-5-8/h1-5,9H,6-7H2,(H,12,15). The lowest BCUT2D eigenvalue weighted by molar-refractivity contribution is -0.120. The number of nitrogens with zero attached hydrogens (tertiary/aromatic N) is 1. The Balaban J connectivity index is 1.89. The van der Waals surface area contributed by atoms with Crippen LogP contribution in [0.25, 0.3) is 0 Å². The van der Waals surface area contributed by atoms with Gasteiger partial charge in [0.05, 0.1) is 0 Å². The molecule has 2 rings (SSSR count). The number of aryl methyl sites for hydroxylation is 1. The zero-order valence-corrected chi connectivity index (χ0v) is 8.14. The summed E-state index contributed by atoms with van der Waals surface area (Å²) in [6.07, 6.45) is 1.38. The molecule has 1 aromatic rings. The van der Waals surface area contributed by atoms with Crippen molar-refractivity contribution in [1.29, 1.82) is 0 Å². The Morgan fingerprint density at radius 3 is 2.53 bits per heavy atom. The van der Waals surface area contributed by atoms with E-state index in [9.17, 15) is 9.59 Å². The molecule has 0 bridgehead atoms. The molecule has 1 aliphatic rings. The zero-order valence-electron chi connectivity index (χ0n) is 8.14. The third-order valence-corrected chi connectivity index (χ3v) is 2.37. The van der Waals surface area contributed by atoms with Gasteiger partial charge in [0.15, 0.2) is 0 Å². The summed E-state index contributed by atoms with van der Waals surface area (Å²) in [6.45, 7) is 0. The van der Waals surface area contributed by atoms with Gasteiger partial charge in [-0.2, -0.15) is 5.32 Å². The van der Waals surface area contributed by atoms with Gasteiger partial charge >= 0.3 is 6.03 Å². The molecule has 1 N–H and O–H groups in total. The topological polar surface area (TPSA) is 60.3 Å². The molecule has 1 atom stereocenters. The highest BCUT2D eigenvalue weighted by molar-refractivity contribution is 6.03. The molecule has 1 aliphatic heterocycles. The molecule has 0 aliphatic carbocycles. The number of nitrogens with one attached hydrogen (secondary N) is 1. The number of benzene rings is 1. The maximum absolute atomic E-state index is 11.2. The summed E-state index contributed by atoms with van der Waals surface area (Å²) < 4.78 is 0. The molecule has 1 radical (unpaired) electrons. The van der Waals surface area contributed by atoms with Gasteiger partial charge in [0.2, 0.25) is 0 Å². The molecule has 0 aromatic heterocycles. The molecule has 1 heterocycles. The summed E-state index contributed by atoms with van der Waals surface area (Å²) >= 11 is 0. The molecule has 4 nitrogen and oxygen atoms in total. The number of rotatable bonds is 3. The summed E-state index contributed by atoms with van der Waals surface area (Å²) in [5.74, 6) is -0.351. The first-order valence-corrected chi connectivity index (χ1v) is 4.86. The highest BCUT2D eigenvalue weighted by Gasteiger charge is 2.30. The second-order valence-electron chi connectivity index (χ2n) is 3.48. The molecule has 1 saturated heterocycles. The molecule has 1 aromatic carbocycles. The van der Waals surface area contributed by atoms with Gasteiger partial charge in [0.1, 0.15) is 6.04 Å². The van der Waals surface area contributed by atoms with Crippen LogP contribution in [0.5, 0.6) is 0 Å². The van der Waals surface area contributed by atoms with Gasteiger partial charge in [0, 0.05) is 0 Å². The van der Waals surface area contributed by atoms with E-state index in [1.165, 1.54) is 0 Å². The Labute approximate surface area is 87.7 Å². The smallest absolute Gasteiger partial charge is 0.324 e. The van der Waals surface area contributed by atoms with Crippen LogP contribution in [0.3, 0.4) is 0 Å². The fourth-order valence-corrected chi connectivity index (χ4v) is 1.57. The fraction of sp³-hybridized carbons (Fsp3) is 0.273. The van der Waals surface area contributed by atoms with Crippen molar-refractivity contribution in [2.45, 2.75) is 18.9 Å². The van der Waals surface area contributed by atoms with Gasteiger partial charge in [-0.3, -0.25) is 4.79 Å². The molecule has 0 saturated carbocycles. The number of hydrogen-bond acceptors (Lipinski definition) is 2. The van der Waals surface area contributed by atoms with Gasteiger partial charge < -0.3 is 5.32 Å². The fourth-order valence-electron chi connectivity index (χ4n) is 1.57. The largest absolute Gasteiger partial charge is 0.344 e. The lowest BCUT2D eigenvalue weighted by Gasteiger charge is -2.05. The van der Waals surface area contributed by atoms with Crippen LogP contribution < -0.4 is 10.6 Å². The summed E-state index contributed by atoms with van der Waals surface area (Å²) in [6, 6.07) is 8.90. The summed E-state index contributed by atoms with van der Waals surface area (Å²) in [5, 5.41) is 5.81. The van der Waals surface area contributed by atoms with Gasteiger partial charge in [-0.1, -0.05) is 30.3 Å². The Hall–Kier alpha value is -1.84. The molecular weight excluding hydrogens is 192 g/mol. The quantitative estimate of drug-likeness (QED) is 0.740. The molecular formula is C11H11N2O2. The third kappa shape index (κ3) is 2.34. The molecule has 4 heteroatoms. The number of carbonyl (C=O) groups excluding carboxylic acids is 2. The first-order chi connectivity index (χ1) is 7.25. The second-order valence-corrected chi connectivity index (χ2v) is 3.48. The van der Waals surface area contributed by atoms with E-state index < -0.39 is 12.1 Å². The highest BCUT2D eigenvalue weighted by atomic mass is 16.2. The number of amides is 3. The Morgan fingerprint density at radius 1 is 1.20 bits per heavy atom. The summed E-state index contributed by atoms with van der Waals surface area (Å²) in [7, 11) is 0. The normalized spacial score (nSPS) is 19.9. The van der Waals surface area contributed by atoms with Gasteiger partial charge in [-0.05, 0) is 18.4 Å². The van der Waals surface area contributed by atoms with Gasteiger partial charge in [0.25, 0.3) is 5.91 Å². The lowest BCUT2D eigenvalue weighted by atomic mass is 10.1. The number of hydrogen-bond donors (Lipinski definition) is 1. The second kappa shape index (κ2) is 4.13. The molecule has 1 fully saturated rings. The van der Waals surface area contributed by atoms with Crippen LogP contribution in [-0.4, -0.2) is 18.0 Å². The maximum atomic E-state index is 11.2. The minimum atomic E-state index is -0.516. The zero-order chi connectivity index (χ0) is 10.7. The molecule has 1 unspecified atom stereocenters. The van der Waals surface area contributed by atoms with Gasteiger partial charge in [-0.25, -0.2) is 4.79 Å². The van der Waals surface area contributed by atoms with Crippen molar-refractivity contribution in [2.24, 2.45) is 0 Å². The summed E-state index contributed by atoms with van der Waals surface area (Å²) in [4.78, 5) is 21.9. The minimum Gasteiger partial charge on any atom is -0.324 e. The third-order valence-electron chi connectivity index (χ3n) is 2.37. The van der Waals surface area contributed by atoms with Crippen molar-refractivity contribution < 1.29 is 9.59 Å². The predicted molar refractivity (Wildman–Crippen MR) is 54.2 cm³/mol. The Morgan fingerprint density at radius 2 is 1.93 bits per heavy atom. The van der Waals surface area contributed by atoms with E-state index in [0.29, 0.717) is 6.42 Å². The van der Waals surface area contributed by atoms with E-state index in [4.69, 9.17) is 0 Å². The number of carbonyl (C=O) groups is 2. The van der Waals surface area contributed by atoms with E-state index in [1.807, 2.05) is 30.3 Å². The van der Waals surface area contributed by atoms with Crippen molar-refractivity contribution in [3.05, 3.63) is 35.9 Å². The van der Waals surface area contributed by atoms with Crippen molar-refractivity contribution in [2.75, 3.05) is 0 Å². The van der Waals surface area contributed by atoms with Crippen LogP contribution in [0, 0.1) is 0 Å². The van der Waals surface area contributed by atoms with Crippen LogP contribution in [0.2, 0.25) is 0 Å². The summed E-state index contributed by atoms with van der Waals surface area (Å²) in [5.41, 5.74) is 1.16. The van der Waals surface area contributed by atoms with E-state index in [1.54, 1.807) is 0 Å².